The molecule has 6 heterocycles. The molecule has 3 aromatic carbocycles. The van der Waals surface area contributed by atoms with Crippen LogP contribution in [0.1, 0.15) is 113 Å². The van der Waals surface area contributed by atoms with Gasteiger partial charge >= 0.3 is 12.2 Å². The van der Waals surface area contributed by atoms with Crippen LogP contribution in [0.25, 0.3) is 44.8 Å². The molecule has 15 nitrogen and oxygen atoms in total. The Morgan fingerprint density at radius 2 is 0.985 bits per heavy atom. The maximum atomic E-state index is 13.7. The van der Waals surface area contributed by atoms with E-state index in [0.717, 1.165) is 83.8 Å². The number of aromatic nitrogens is 4. The first-order valence-electron chi connectivity index (χ1n) is 22.9. The molecular formula is C50H58N8O7. The lowest BCUT2D eigenvalue weighted by molar-refractivity contribution is -0.136. The van der Waals surface area contributed by atoms with Crippen molar-refractivity contribution >= 4 is 24.0 Å². The number of hydrogen-bond donors (Lipinski definition) is 4. The Hall–Kier alpha value is -6.48. The van der Waals surface area contributed by atoms with E-state index in [1.165, 1.54) is 36.5 Å². The number of nitrogens with zero attached hydrogens (tertiary/aromatic N) is 4. The fourth-order valence-corrected chi connectivity index (χ4v) is 10.2. The van der Waals surface area contributed by atoms with E-state index >= 15 is 0 Å². The zero-order valence-corrected chi connectivity index (χ0v) is 37.9. The topological polar surface area (TPSA) is 184 Å². The van der Waals surface area contributed by atoms with Crippen molar-refractivity contribution in [2.45, 2.75) is 103 Å². The summed E-state index contributed by atoms with van der Waals surface area (Å²) in [6.07, 6.45) is 7.76. The summed E-state index contributed by atoms with van der Waals surface area (Å²) in [5.74, 6) is 0.977. The lowest BCUT2D eigenvalue weighted by atomic mass is 9.81. The van der Waals surface area contributed by atoms with Gasteiger partial charge in [0.05, 0.1) is 62.3 Å². The van der Waals surface area contributed by atoms with Crippen molar-refractivity contribution in [3.63, 3.8) is 0 Å². The number of ether oxygens (including phenoxy) is 3. The molecule has 4 aliphatic heterocycles. The fourth-order valence-electron chi connectivity index (χ4n) is 10.2. The molecule has 5 aromatic rings. The number of fused-ring (bicyclic) bond motifs is 5. The third-order valence-electron chi connectivity index (χ3n) is 13.6. The second kappa shape index (κ2) is 18.2. The molecule has 4 aliphatic rings. The zero-order chi connectivity index (χ0) is 45.5. The number of methoxy groups -OCH3 is 2. The lowest BCUT2D eigenvalue weighted by Crippen LogP contribution is -2.51. The highest BCUT2D eigenvalue weighted by Crippen LogP contribution is 2.56. The van der Waals surface area contributed by atoms with E-state index in [9.17, 15) is 19.2 Å². The van der Waals surface area contributed by atoms with Crippen molar-refractivity contribution in [1.29, 1.82) is 0 Å². The van der Waals surface area contributed by atoms with Crippen LogP contribution in [0, 0.1) is 11.8 Å². The summed E-state index contributed by atoms with van der Waals surface area (Å²) in [6.45, 7) is 8.83. The van der Waals surface area contributed by atoms with Crippen LogP contribution in [0.2, 0.25) is 0 Å². The predicted molar refractivity (Wildman–Crippen MR) is 244 cm³/mol. The Morgan fingerprint density at radius 1 is 0.600 bits per heavy atom. The van der Waals surface area contributed by atoms with Crippen LogP contribution in [-0.2, 0) is 23.8 Å². The predicted octanol–water partition coefficient (Wildman–Crippen LogP) is 8.80. The molecule has 15 heteroatoms. The van der Waals surface area contributed by atoms with Crippen LogP contribution in [0.5, 0.6) is 0 Å². The quantitative estimate of drug-likeness (QED) is 0.0951. The van der Waals surface area contributed by atoms with E-state index < -0.39 is 24.3 Å². The Kier molecular flexibility index (Phi) is 12.2. The summed E-state index contributed by atoms with van der Waals surface area (Å²) in [7, 11) is 2.59. The van der Waals surface area contributed by atoms with E-state index in [4.69, 9.17) is 24.2 Å². The molecule has 0 saturated carbocycles. The molecule has 0 spiro atoms. The summed E-state index contributed by atoms with van der Waals surface area (Å²) in [4.78, 5) is 71.5. The first-order valence-corrected chi connectivity index (χ1v) is 22.9. The molecule has 6 unspecified atom stereocenters. The molecule has 3 fully saturated rings. The molecule has 3 saturated heterocycles. The van der Waals surface area contributed by atoms with Crippen molar-refractivity contribution in [2.24, 2.45) is 11.8 Å². The first kappa shape index (κ1) is 43.8. The fraction of sp³-hybridized carbons (Fsp3) is 0.440. The van der Waals surface area contributed by atoms with Crippen molar-refractivity contribution in [2.75, 3.05) is 27.3 Å². The number of hydrogen-bond acceptors (Lipinski definition) is 9. The number of benzene rings is 3. The van der Waals surface area contributed by atoms with Gasteiger partial charge < -0.3 is 44.6 Å². The van der Waals surface area contributed by atoms with Crippen LogP contribution < -0.4 is 10.6 Å². The number of H-pyrrole nitrogens is 2. The standard InChI is InChI=1S/C50H58N8O7/c1-27(2)43(55-49(61)63-5)47(59)57-23-7-9-37(57)45-51-25-35(53-45)31-15-11-29(12-16-31)33-19-20-34(42-40-22-21-39(65-40)41(33)42)30-13-17-32(18-14-30)36-26-52-46(54-36)38-10-8-24-58(38)48(60)44(28(3)4)56-50(62)64-6/h11-20,25-28,37-40,43-44H,7-10,21-24H2,1-6H3,(H,51,53)(H,52,54)(H,55,61)(H,56,62). The smallest absolute Gasteiger partial charge is 0.407 e. The van der Waals surface area contributed by atoms with Gasteiger partial charge in [-0.15, -0.1) is 0 Å². The number of rotatable bonds is 12. The monoisotopic (exact) mass is 882 g/mol. The highest BCUT2D eigenvalue weighted by atomic mass is 16.5. The van der Waals surface area contributed by atoms with E-state index in [1.807, 2.05) is 49.9 Å². The average molecular weight is 883 g/mol. The second-order valence-corrected chi connectivity index (χ2v) is 18.3. The van der Waals surface area contributed by atoms with Gasteiger partial charge in [-0.05, 0) is 94.9 Å². The van der Waals surface area contributed by atoms with Gasteiger partial charge in [0.2, 0.25) is 11.8 Å². The molecule has 65 heavy (non-hydrogen) atoms. The molecular weight excluding hydrogens is 825 g/mol. The van der Waals surface area contributed by atoms with Crippen molar-refractivity contribution in [3.05, 3.63) is 95.8 Å². The number of aromatic amines is 2. The highest BCUT2D eigenvalue weighted by molar-refractivity contribution is 5.87. The SMILES string of the molecule is COC(=O)NC(C(=O)N1CCCC1c1ncc(-c2ccc(-c3ccc(-c4ccc(-c5cnc(C6CCCN6C(=O)C(NC(=O)OC)C(C)C)[nH]5)cc4)c4c3C3CCC4O3)cc2)[nH]1)C(C)C. The number of amides is 4. The normalized spacial score (nSPS) is 20.9. The van der Waals surface area contributed by atoms with Crippen LogP contribution in [-0.4, -0.2) is 93.1 Å². The van der Waals surface area contributed by atoms with Gasteiger partial charge in [0.15, 0.2) is 0 Å². The van der Waals surface area contributed by atoms with Gasteiger partial charge in [-0.2, -0.15) is 0 Å². The summed E-state index contributed by atoms with van der Waals surface area (Å²) in [6, 6.07) is 19.7. The minimum absolute atomic E-state index is 0.0479. The summed E-state index contributed by atoms with van der Waals surface area (Å²) in [5, 5.41) is 5.43. The van der Waals surface area contributed by atoms with Gasteiger partial charge in [-0.1, -0.05) is 88.4 Å². The Balaban J connectivity index is 0.910. The molecule has 2 bridgehead atoms. The third kappa shape index (κ3) is 8.37. The molecule has 4 N–H and O–H groups in total. The Labute approximate surface area is 379 Å². The number of carbonyl (C=O) groups is 4. The molecule has 0 aliphatic carbocycles. The molecule has 9 rings (SSSR count). The molecule has 6 atom stereocenters. The summed E-state index contributed by atoms with van der Waals surface area (Å²) in [5.41, 5.74) is 10.8. The number of likely N-dealkylation sites (tertiary alicyclic amines) is 2. The summed E-state index contributed by atoms with van der Waals surface area (Å²) >= 11 is 0. The number of alkyl carbamates (subject to hydrolysis) is 2. The van der Waals surface area contributed by atoms with E-state index in [2.05, 4.69) is 81.3 Å². The number of carbonyl (C=O) groups excluding carboxylic acids is 4. The van der Waals surface area contributed by atoms with Crippen LogP contribution in [0.4, 0.5) is 9.59 Å². The maximum absolute atomic E-state index is 13.7. The minimum atomic E-state index is -0.691. The molecule has 4 amide bonds. The van der Waals surface area contributed by atoms with Gasteiger partial charge in [0.25, 0.3) is 0 Å². The van der Waals surface area contributed by atoms with E-state index in [0.29, 0.717) is 13.1 Å². The largest absolute Gasteiger partial charge is 0.453 e. The van der Waals surface area contributed by atoms with Crippen molar-refractivity contribution in [1.82, 2.24) is 40.4 Å². The van der Waals surface area contributed by atoms with Gasteiger partial charge in [0, 0.05) is 13.1 Å². The van der Waals surface area contributed by atoms with E-state index in [1.54, 1.807) is 0 Å². The van der Waals surface area contributed by atoms with Gasteiger partial charge in [-0.3, -0.25) is 9.59 Å². The van der Waals surface area contributed by atoms with Crippen molar-refractivity contribution < 1.29 is 33.4 Å². The van der Waals surface area contributed by atoms with Gasteiger partial charge in [0.1, 0.15) is 23.7 Å². The first-order chi connectivity index (χ1) is 31.4. The maximum Gasteiger partial charge on any atom is 0.407 e. The summed E-state index contributed by atoms with van der Waals surface area (Å²) < 4.78 is 16.2. The van der Waals surface area contributed by atoms with Crippen LogP contribution in [0.15, 0.2) is 73.1 Å². The Bertz CT molecular complexity index is 2390. The average Bonchev–Trinajstić information content (AvgIpc) is 4.19. The number of imidazole rings is 2. The highest BCUT2D eigenvalue weighted by Gasteiger charge is 2.42. The van der Waals surface area contributed by atoms with Crippen LogP contribution in [0.3, 0.4) is 0 Å². The number of nitrogens with one attached hydrogen (secondary N) is 4. The molecule has 2 aromatic heterocycles. The van der Waals surface area contributed by atoms with E-state index in [-0.39, 0.29) is 47.9 Å². The minimum Gasteiger partial charge on any atom is -0.453 e. The third-order valence-corrected chi connectivity index (χ3v) is 13.6. The zero-order valence-electron chi connectivity index (χ0n) is 37.9. The van der Waals surface area contributed by atoms with Gasteiger partial charge in [-0.25, -0.2) is 19.6 Å². The molecule has 0 radical (unpaired) electrons. The van der Waals surface area contributed by atoms with Crippen LogP contribution >= 0.6 is 0 Å². The Morgan fingerprint density at radius 3 is 1.35 bits per heavy atom. The van der Waals surface area contributed by atoms with Crippen molar-refractivity contribution in [3.8, 4) is 44.8 Å². The lowest BCUT2D eigenvalue weighted by Gasteiger charge is -2.30. The second-order valence-electron chi connectivity index (χ2n) is 18.3. The molecule has 340 valence electrons.